The summed E-state index contributed by atoms with van der Waals surface area (Å²) in [7, 11) is 1.61. The second kappa shape index (κ2) is 12.2. The zero-order chi connectivity index (χ0) is 25.4. The fraction of sp³-hybridized carbons (Fsp3) is 0.250. The first-order valence-corrected chi connectivity index (χ1v) is 11.1. The van der Waals surface area contributed by atoms with Crippen molar-refractivity contribution in [3.05, 3.63) is 76.0 Å². The van der Waals surface area contributed by atoms with Crippen LogP contribution in [-0.4, -0.2) is 35.7 Å². The number of nitrogens with zero attached hydrogens (tertiary/aromatic N) is 3. The van der Waals surface area contributed by atoms with E-state index in [1.54, 1.807) is 13.3 Å². The lowest BCUT2D eigenvalue weighted by molar-refractivity contribution is -0.0497. The molecule has 1 aromatic carbocycles. The molecule has 7 nitrogen and oxygen atoms in total. The van der Waals surface area contributed by atoms with E-state index in [4.69, 9.17) is 11.6 Å². The molecule has 1 aliphatic rings. The summed E-state index contributed by atoms with van der Waals surface area (Å²) in [6.45, 7) is -1.15. The molecule has 1 amide bonds. The lowest BCUT2D eigenvalue weighted by Crippen LogP contribution is -2.26. The average molecular weight is 506 g/mol. The van der Waals surface area contributed by atoms with Gasteiger partial charge < -0.3 is 15.4 Å². The van der Waals surface area contributed by atoms with Crippen molar-refractivity contribution in [3.8, 4) is 5.75 Å². The van der Waals surface area contributed by atoms with Gasteiger partial charge in [0.25, 0.3) is 5.91 Å². The summed E-state index contributed by atoms with van der Waals surface area (Å²) in [4.78, 5) is 25.1. The Morgan fingerprint density at radius 2 is 2.17 bits per heavy atom. The van der Waals surface area contributed by atoms with Crippen molar-refractivity contribution in [3.63, 3.8) is 0 Å². The number of aliphatic imine (C=N–C) groups is 1. The van der Waals surface area contributed by atoms with E-state index >= 15 is 0 Å². The highest BCUT2D eigenvalue weighted by Gasteiger charge is 2.17. The topological polar surface area (TPSA) is 88.5 Å². The highest BCUT2D eigenvalue weighted by Crippen LogP contribution is 2.32. The molecular formula is C24H23ClF3N5O2. The molecule has 0 aliphatic heterocycles. The lowest BCUT2D eigenvalue weighted by atomic mass is 9.94. The van der Waals surface area contributed by atoms with Gasteiger partial charge in [-0.15, -0.1) is 0 Å². The first-order chi connectivity index (χ1) is 16.8. The van der Waals surface area contributed by atoms with Gasteiger partial charge in [-0.25, -0.2) is 14.4 Å². The molecule has 0 saturated carbocycles. The molecule has 1 aliphatic carbocycles. The summed E-state index contributed by atoms with van der Waals surface area (Å²) < 4.78 is 43.8. The molecule has 1 aromatic heterocycles. The molecule has 0 atom stereocenters. The third-order valence-electron chi connectivity index (χ3n) is 4.96. The number of allylic oxidation sites excluding steroid dienone is 6. The van der Waals surface area contributed by atoms with Crippen molar-refractivity contribution >= 4 is 35.4 Å². The van der Waals surface area contributed by atoms with Crippen LogP contribution in [0.3, 0.4) is 0 Å². The second-order valence-corrected chi connectivity index (χ2v) is 7.68. The standard InChI is InChI=1S/C24H23ClF3N5O2/c1-3-15(14-7-5-4-6-8-14)20(13-29-2)31-22(34)18-9-10-30-24(32-18)33-19-12-21(35-23(27)28)16(25)11-17(19)26/h4-5,7,9-13,23H,3,6,8H2,1-2H3,(H,31,34)(H,30,32,33)/b20-15-,29-13?. The molecule has 0 fully saturated rings. The molecule has 11 heteroatoms. The quantitative estimate of drug-likeness (QED) is 0.409. The summed E-state index contributed by atoms with van der Waals surface area (Å²) in [6, 6.07) is 3.16. The fourth-order valence-electron chi connectivity index (χ4n) is 3.42. The van der Waals surface area contributed by atoms with Crippen LogP contribution in [0.25, 0.3) is 0 Å². The van der Waals surface area contributed by atoms with Crippen LogP contribution in [0.2, 0.25) is 5.02 Å². The van der Waals surface area contributed by atoms with Gasteiger partial charge in [0.1, 0.15) is 17.3 Å². The maximum absolute atomic E-state index is 14.3. The van der Waals surface area contributed by atoms with Crippen molar-refractivity contribution in [2.75, 3.05) is 12.4 Å². The minimum absolute atomic E-state index is 0.00380. The third kappa shape index (κ3) is 6.92. The van der Waals surface area contributed by atoms with Crippen LogP contribution in [0, 0.1) is 5.82 Å². The Balaban J connectivity index is 1.85. The summed E-state index contributed by atoms with van der Waals surface area (Å²) in [5, 5.41) is 5.07. The van der Waals surface area contributed by atoms with Gasteiger partial charge in [-0.2, -0.15) is 8.78 Å². The predicted molar refractivity (Wildman–Crippen MR) is 129 cm³/mol. The predicted octanol–water partition coefficient (Wildman–Crippen LogP) is 5.99. The van der Waals surface area contributed by atoms with E-state index in [1.165, 1.54) is 12.3 Å². The van der Waals surface area contributed by atoms with Gasteiger partial charge in [-0.1, -0.05) is 36.8 Å². The number of benzene rings is 1. The third-order valence-corrected chi connectivity index (χ3v) is 5.25. The number of carbonyl (C=O) groups is 1. The summed E-state index contributed by atoms with van der Waals surface area (Å²) in [6.07, 6.45) is 11.4. The molecule has 35 heavy (non-hydrogen) atoms. The van der Waals surface area contributed by atoms with E-state index < -0.39 is 24.1 Å². The minimum atomic E-state index is -3.14. The zero-order valence-electron chi connectivity index (χ0n) is 19.0. The number of carbonyl (C=O) groups excluding carboxylic acids is 1. The van der Waals surface area contributed by atoms with Crippen LogP contribution in [0.15, 0.2) is 64.5 Å². The maximum atomic E-state index is 14.3. The number of anilines is 2. The van der Waals surface area contributed by atoms with Gasteiger partial charge in [-0.3, -0.25) is 9.79 Å². The number of nitrogens with one attached hydrogen (secondary N) is 2. The Morgan fingerprint density at radius 3 is 2.83 bits per heavy atom. The molecule has 3 rings (SSSR count). The smallest absolute Gasteiger partial charge is 0.387 e. The van der Waals surface area contributed by atoms with E-state index in [0.29, 0.717) is 12.1 Å². The molecule has 2 N–H and O–H groups in total. The van der Waals surface area contributed by atoms with E-state index in [-0.39, 0.29) is 22.4 Å². The first-order valence-electron chi connectivity index (χ1n) is 10.7. The number of hydrogen-bond acceptors (Lipinski definition) is 6. The van der Waals surface area contributed by atoms with Gasteiger partial charge >= 0.3 is 6.61 Å². The number of alkyl halides is 2. The van der Waals surface area contributed by atoms with Crippen LogP contribution < -0.4 is 15.4 Å². The summed E-state index contributed by atoms with van der Waals surface area (Å²) >= 11 is 5.75. The van der Waals surface area contributed by atoms with E-state index in [9.17, 15) is 18.0 Å². The molecule has 2 aromatic rings. The molecule has 0 spiro atoms. The second-order valence-electron chi connectivity index (χ2n) is 7.28. The molecule has 184 valence electrons. The molecule has 0 bridgehead atoms. The van der Waals surface area contributed by atoms with Crippen molar-refractivity contribution < 1.29 is 22.7 Å². The Bertz CT molecular complexity index is 1210. The number of ether oxygens (including phenoxy) is 1. The Kier molecular flexibility index (Phi) is 9.02. The minimum Gasteiger partial charge on any atom is -0.433 e. The molecular weight excluding hydrogens is 483 g/mol. The average Bonchev–Trinajstić information content (AvgIpc) is 2.83. The first kappa shape index (κ1) is 26.0. The molecule has 0 radical (unpaired) electrons. The fourth-order valence-corrected chi connectivity index (χ4v) is 3.62. The van der Waals surface area contributed by atoms with Crippen molar-refractivity contribution in [1.82, 2.24) is 15.3 Å². The SMILES string of the molecule is CC/C(C1=CC=CCC1)=C(\C=NC)NC(=O)c1ccnc(Nc2cc(OC(F)F)c(Cl)cc2F)n1. The van der Waals surface area contributed by atoms with E-state index in [0.717, 1.165) is 36.1 Å². The number of rotatable bonds is 9. The highest BCUT2D eigenvalue weighted by molar-refractivity contribution is 6.32. The highest BCUT2D eigenvalue weighted by atomic mass is 35.5. The summed E-state index contributed by atoms with van der Waals surface area (Å²) in [5.41, 5.74) is 2.35. The van der Waals surface area contributed by atoms with Gasteiger partial charge in [0, 0.05) is 25.5 Å². The van der Waals surface area contributed by atoms with Crippen molar-refractivity contribution in [2.24, 2.45) is 4.99 Å². The molecule has 0 saturated heterocycles. The van der Waals surface area contributed by atoms with Crippen molar-refractivity contribution in [2.45, 2.75) is 32.8 Å². The Hall–Kier alpha value is -3.66. The van der Waals surface area contributed by atoms with Crippen LogP contribution in [0.5, 0.6) is 5.75 Å². The van der Waals surface area contributed by atoms with Crippen LogP contribution in [0.4, 0.5) is 24.8 Å². The normalized spacial score (nSPS) is 14.1. The number of amides is 1. The molecule has 0 unspecified atom stereocenters. The lowest BCUT2D eigenvalue weighted by Gasteiger charge is -2.17. The van der Waals surface area contributed by atoms with Gasteiger partial charge in [0.2, 0.25) is 5.95 Å². The van der Waals surface area contributed by atoms with E-state index in [2.05, 4.69) is 36.4 Å². The van der Waals surface area contributed by atoms with Crippen LogP contribution >= 0.6 is 11.6 Å². The number of hydrogen-bond donors (Lipinski definition) is 2. The Morgan fingerprint density at radius 1 is 1.37 bits per heavy atom. The van der Waals surface area contributed by atoms with Gasteiger partial charge in [0.15, 0.2) is 0 Å². The maximum Gasteiger partial charge on any atom is 0.387 e. The van der Waals surface area contributed by atoms with E-state index in [1.807, 2.05) is 19.1 Å². The number of halogens is 4. The number of aromatic nitrogens is 2. The van der Waals surface area contributed by atoms with Gasteiger partial charge in [0.05, 0.1) is 16.4 Å². The largest absolute Gasteiger partial charge is 0.433 e. The van der Waals surface area contributed by atoms with Gasteiger partial charge in [-0.05, 0) is 42.5 Å². The summed E-state index contributed by atoms with van der Waals surface area (Å²) in [5.74, 6) is -1.93. The molecule has 1 heterocycles. The zero-order valence-corrected chi connectivity index (χ0v) is 19.7. The Labute approximate surface area is 205 Å². The van der Waals surface area contributed by atoms with Crippen LogP contribution in [-0.2, 0) is 0 Å². The van der Waals surface area contributed by atoms with Crippen molar-refractivity contribution in [1.29, 1.82) is 0 Å². The van der Waals surface area contributed by atoms with Crippen LogP contribution in [0.1, 0.15) is 36.7 Å². The monoisotopic (exact) mass is 505 g/mol.